The van der Waals surface area contributed by atoms with Gasteiger partial charge in [0, 0.05) is 21.9 Å². The second-order valence-corrected chi connectivity index (χ2v) is 7.09. The van der Waals surface area contributed by atoms with E-state index < -0.39 is 0 Å². The van der Waals surface area contributed by atoms with E-state index in [1.807, 2.05) is 0 Å². The molecule has 2 aromatic rings. The highest BCUT2D eigenvalue weighted by atomic mass is 32.1. The van der Waals surface area contributed by atoms with Crippen LogP contribution in [0.4, 0.5) is 0 Å². The second kappa shape index (κ2) is 4.43. The largest absolute Gasteiger partial charge is 0.321 e. The van der Waals surface area contributed by atoms with Gasteiger partial charge in [-0.15, -0.1) is 11.3 Å². The van der Waals surface area contributed by atoms with Gasteiger partial charge < -0.3 is 5.73 Å². The molecule has 0 radical (unpaired) electrons. The molecule has 2 N–H and O–H groups in total. The van der Waals surface area contributed by atoms with Gasteiger partial charge in [-0.3, -0.25) is 0 Å². The minimum atomic E-state index is -0.293. The molecular weight excluding hydrogens is 252 g/mol. The fourth-order valence-corrected chi connectivity index (χ4v) is 3.42. The zero-order valence-corrected chi connectivity index (χ0v) is 12.6. The number of hydrogen-bond donors (Lipinski definition) is 1. The van der Waals surface area contributed by atoms with Crippen molar-refractivity contribution < 1.29 is 0 Å². The van der Waals surface area contributed by atoms with Crippen LogP contribution in [0.15, 0.2) is 24.3 Å². The number of nitrogens with zero attached hydrogens (tertiary/aromatic N) is 1. The fourth-order valence-electron chi connectivity index (χ4n) is 2.25. The van der Waals surface area contributed by atoms with Crippen molar-refractivity contribution in [2.45, 2.75) is 45.1 Å². The van der Waals surface area contributed by atoms with Crippen LogP contribution >= 0.6 is 11.3 Å². The van der Waals surface area contributed by atoms with Gasteiger partial charge in [0.1, 0.15) is 5.01 Å². The molecule has 1 fully saturated rings. The Balaban J connectivity index is 2.05. The van der Waals surface area contributed by atoms with Crippen LogP contribution in [0.2, 0.25) is 0 Å². The van der Waals surface area contributed by atoms with Gasteiger partial charge in [0.2, 0.25) is 0 Å². The topological polar surface area (TPSA) is 38.9 Å². The van der Waals surface area contributed by atoms with E-state index in [2.05, 4.69) is 45.0 Å². The van der Waals surface area contributed by atoms with Crippen LogP contribution < -0.4 is 5.73 Å². The lowest BCUT2D eigenvalue weighted by Crippen LogP contribution is -2.28. The Bertz CT molecular complexity index is 586. The molecule has 0 bridgehead atoms. The van der Waals surface area contributed by atoms with Crippen molar-refractivity contribution in [1.82, 2.24) is 4.98 Å². The Morgan fingerprint density at radius 3 is 2.37 bits per heavy atom. The van der Waals surface area contributed by atoms with E-state index in [1.165, 1.54) is 34.5 Å². The van der Waals surface area contributed by atoms with Gasteiger partial charge in [0.15, 0.2) is 0 Å². The van der Waals surface area contributed by atoms with Crippen molar-refractivity contribution >= 4 is 11.3 Å². The predicted octanol–water partition coefficient (Wildman–Crippen LogP) is 4.19. The predicted molar refractivity (Wildman–Crippen MR) is 81.5 cm³/mol. The summed E-state index contributed by atoms with van der Waals surface area (Å²) in [7, 11) is 0. The Kier molecular flexibility index (Phi) is 2.99. The number of rotatable bonds is 3. The van der Waals surface area contributed by atoms with Crippen molar-refractivity contribution in [3.63, 3.8) is 0 Å². The summed E-state index contributed by atoms with van der Waals surface area (Å²) in [5.41, 5.74) is 9.74. The normalized spacial score (nSPS) is 15.8. The Labute approximate surface area is 118 Å². The van der Waals surface area contributed by atoms with Crippen molar-refractivity contribution in [2.75, 3.05) is 0 Å². The zero-order valence-electron chi connectivity index (χ0n) is 11.7. The van der Waals surface area contributed by atoms with E-state index in [9.17, 15) is 0 Å². The first-order valence-corrected chi connectivity index (χ1v) is 7.64. The Morgan fingerprint density at radius 2 is 1.84 bits per heavy atom. The van der Waals surface area contributed by atoms with E-state index in [-0.39, 0.29) is 5.54 Å². The first kappa shape index (κ1) is 12.8. The maximum Gasteiger partial charge on any atom is 0.123 e. The lowest BCUT2D eigenvalue weighted by molar-refractivity contribution is 0.559. The van der Waals surface area contributed by atoms with Crippen LogP contribution in [0.3, 0.4) is 0 Å². The van der Waals surface area contributed by atoms with Crippen LogP contribution in [0.1, 0.15) is 48.7 Å². The third kappa shape index (κ3) is 2.58. The number of thiazole rings is 1. The van der Waals surface area contributed by atoms with Crippen LogP contribution in [0, 0.1) is 6.92 Å². The van der Waals surface area contributed by atoms with Gasteiger partial charge in [-0.1, -0.05) is 29.8 Å². The number of benzene rings is 1. The Hall–Kier alpha value is -1.19. The van der Waals surface area contributed by atoms with Crippen LogP contribution in [-0.2, 0) is 5.54 Å². The van der Waals surface area contributed by atoms with Gasteiger partial charge in [-0.2, -0.15) is 0 Å². The molecule has 100 valence electrons. The van der Waals surface area contributed by atoms with Gasteiger partial charge in [-0.25, -0.2) is 4.98 Å². The van der Waals surface area contributed by atoms with Gasteiger partial charge in [0.05, 0.1) is 5.69 Å². The molecule has 19 heavy (non-hydrogen) atoms. The first-order valence-electron chi connectivity index (χ1n) is 6.82. The monoisotopic (exact) mass is 272 g/mol. The summed E-state index contributed by atoms with van der Waals surface area (Å²) >= 11 is 1.76. The molecule has 0 unspecified atom stereocenters. The number of nitrogens with two attached hydrogens (primary N) is 1. The SMILES string of the molecule is Cc1ccc(-c2nc(C3CC3)c(C(C)(C)N)s2)cc1. The molecular formula is C16H20N2S. The molecule has 2 nitrogen and oxygen atoms in total. The third-order valence-corrected chi connectivity index (χ3v) is 4.96. The highest BCUT2D eigenvalue weighted by molar-refractivity contribution is 7.15. The van der Waals surface area contributed by atoms with E-state index in [4.69, 9.17) is 10.7 Å². The van der Waals surface area contributed by atoms with E-state index >= 15 is 0 Å². The summed E-state index contributed by atoms with van der Waals surface area (Å²) in [6, 6.07) is 8.58. The minimum Gasteiger partial charge on any atom is -0.321 e. The maximum atomic E-state index is 6.31. The Morgan fingerprint density at radius 1 is 1.21 bits per heavy atom. The maximum absolute atomic E-state index is 6.31. The zero-order chi connectivity index (χ0) is 13.6. The average molecular weight is 272 g/mol. The molecule has 1 aliphatic rings. The van der Waals surface area contributed by atoms with E-state index in [1.54, 1.807) is 11.3 Å². The van der Waals surface area contributed by atoms with Crippen LogP contribution in [-0.4, -0.2) is 4.98 Å². The molecule has 0 atom stereocenters. The number of aryl methyl sites for hydroxylation is 1. The van der Waals surface area contributed by atoms with Crippen LogP contribution in [0.5, 0.6) is 0 Å². The number of hydrogen-bond acceptors (Lipinski definition) is 3. The van der Waals surface area contributed by atoms with Crippen LogP contribution in [0.25, 0.3) is 10.6 Å². The second-order valence-electron chi connectivity index (χ2n) is 6.10. The highest BCUT2D eigenvalue weighted by Gasteiger charge is 2.34. The average Bonchev–Trinajstić information content (AvgIpc) is 3.08. The molecule has 3 heteroatoms. The van der Waals surface area contributed by atoms with Crippen molar-refractivity contribution in [3.8, 4) is 10.6 Å². The lowest BCUT2D eigenvalue weighted by Gasteiger charge is -2.17. The molecule has 1 saturated carbocycles. The summed E-state index contributed by atoms with van der Waals surface area (Å²) in [5, 5.41) is 1.11. The molecule has 1 heterocycles. The first-order chi connectivity index (χ1) is 8.95. The van der Waals surface area contributed by atoms with Gasteiger partial charge in [0.25, 0.3) is 0 Å². The highest BCUT2D eigenvalue weighted by Crippen LogP contribution is 2.46. The molecule has 1 aliphatic carbocycles. The molecule has 0 amide bonds. The molecule has 0 spiro atoms. The molecule has 1 aromatic carbocycles. The van der Waals surface area contributed by atoms with Crippen molar-refractivity contribution in [1.29, 1.82) is 0 Å². The molecule has 1 aromatic heterocycles. The minimum absolute atomic E-state index is 0.293. The third-order valence-electron chi connectivity index (χ3n) is 3.50. The lowest BCUT2D eigenvalue weighted by atomic mass is 10.0. The summed E-state index contributed by atoms with van der Waals surface area (Å²) in [4.78, 5) is 6.13. The van der Waals surface area contributed by atoms with Gasteiger partial charge in [-0.05, 0) is 33.6 Å². The summed E-state index contributed by atoms with van der Waals surface area (Å²) in [6.45, 7) is 6.26. The van der Waals surface area contributed by atoms with Crippen molar-refractivity contribution in [2.24, 2.45) is 5.73 Å². The smallest absolute Gasteiger partial charge is 0.123 e. The van der Waals surface area contributed by atoms with E-state index in [0.717, 1.165) is 5.01 Å². The molecule has 3 rings (SSSR count). The van der Waals surface area contributed by atoms with Crippen molar-refractivity contribution in [3.05, 3.63) is 40.4 Å². The summed E-state index contributed by atoms with van der Waals surface area (Å²) in [6.07, 6.45) is 2.53. The fraction of sp³-hybridized carbons (Fsp3) is 0.438. The molecule has 0 aliphatic heterocycles. The summed E-state index contributed by atoms with van der Waals surface area (Å²) in [5.74, 6) is 0.647. The van der Waals surface area contributed by atoms with E-state index in [0.29, 0.717) is 5.92 Å². The summed E-state index contributed by atoms with van der Waals surface area (Å²) < 4.78 is 0. The molecule has 0 saturated heterocycles. The standard InChI is InChI=1S/C16H20N2S/c1-10-4-6-12(7-5-10)15-18-13(11-8-9-11)14(19-15)16(2,3)17/h4-7,11H,8-9,17H2,1-3H3. The van der Waals surface area contributed by atoms with Gasteiger partial charge >= 0.3 is 0 Å². The number of aromatic nitrogens is 1. The quantitative estimate of drug-likeness (QED) is 0.910.